The molecule has 0 atom stereocenters. The molecule has 0 saturated carbocycles. The third kappa shape index (κ3) is 2.89. The molecule has 4 rings (SSSR count). The monoisotopic (exact) mass is 353 g/mol. The summed E-state index contributed by atoms with van der Waals surface area (Å²) < 4.78 is 7.58. The molecule has 3 aromatic rings. The summed E-state index contributed by atoms with van der Waals surface area (Å²) in [4.78, 5) is 16.6. The predicted molar refractivity (Wildman–Crippen MR) is 97.4 cm³/mol. The fraction of sp³-hybridized carbons (Fsp3) is 0.278. The van der Waals surface area contributed by atoms with Gasteiger partial charge in [0.25, 0.3) is 0 Å². The van der Waals surface area contributed by atoms with Crippen molar-refractivity contribution in [2.24, 2.45) is 0 Å². The standard InChI is InChI=1S/C18H19N5OS/c1-12-13(2)22(10-21-12)9-14-4-5-16-15(8-14)23(11-24-3)17-18(25-16)20-7-6-19-17/h4-8,10H,9,11H2,1-3H3. The molecule has 0 fully saturated rings. The fourth-order valence-electron chi connectivity index (χ4n) is 2.91. The molecule has 0 bridgehead atoms. The lowest BCUT2D eigenvalue weighted by Crippen LogP contribution is -2.24. The molecule has 25 heavy (non-hydrogen) atoms. The van der Waals surface area contributed by atoms with Crippen molar-refractivity contribution in [3.8, 4) is 0 Å². The summed E-state index contributed by atoms with van der Waals surface area (Å²) in [6, 6.07) is 6.51. The van der Waals surface area contributed by atoms with Crippen LogP contribution < -0.4 is 4.90 Å². The average Bonchev–Trinajstić information content (AvgIpc) is 2.94. The number of aromatic nitrogens is 4. The largest absolute Gasteiger partial charge is 0.364 e. The number of fused-ring (bicyclic) bond motifs is 2. The lowest BCUT2D eigenvalue weighted by atomic mass is 10.1. The average molecular weight is 353 g/mol. The van der Waals surface area contributed by atoms with E-state index in [1.165, 1.54) is 11.3 Å². The van der Waals surface area contributed by atoms with Crippen molar-refractivity contribution in [2.75, 3.05) is 18.7 Å². The van der Waals surface area contributed by atoms with Crippen LogP contribution in [0.4, 0.5) is 11.5 Å². The second-order valence-corrected chi connectivity index (χ2v) is 7.01. The molecule has 2 aromatic heterocycles. The van der Waals surface area contributed by atoms with Gasteiger partial charge in [0.1, 0.15) is 11.8 Å². The number of imidazole rings is 1. The van der Waals surface area contributed by atoms with Crippen molar-refractivity contribution in [3.05, 3.63) is 53.9 Å². The highest BCUT2D eigenvalue weighted by atomic mass is 32.2. The first-order valence-electron chi connectivity index (χ1n) is 8.04. The minimum absolute atomic E-state index is 0.436. The molecule has 1 aromatic carbocycles. The Bertz CT molecular complexity index is 924. The summed E-state index contributed by atoms with van der Waals surface area (Å²) in [6.45, 7) is 5.36. The Morgan fingerprint density at radius 1 is 1.12 bits per heavy atom. The molecular formula is C18H19N5OS. The van der Waals surface area contributed by atoms with E-state index in [1.54, 1.807) is 31.3 Å². The van der Waals surface area contributed by atoms with Gasteiger partial charge in [-0.1, -0.05) is 17.8 Å². The van der Waals surface area contributed by atoms with Gasteiger partial charge in [-0.25, -0.2) is 15.0 Å². The molecule has 0 saturated heterocycles. The van der Waals surface area contributed by atoms with Gasteiger partial charge in [0.2, 0.25) is 0 Å². The molecule has 0 N–H and O–H groups in total. The van der Waals surface area contributed by atoms with E-state index in [2.05, 4.69) is 49.5 Å². The molecule has 7 heteroatoms. The summed E-state index contributed by atoms with van der Waals surface area (Å²) in [5, 5.41) is 0.904. The Hall–Kier alpha value is -2.38. The normalized spacial score (nSPS) is 12.8. The second kappa shape index (κ2) is 6.50. The first-order valence-corrected chi connectivity index (χ1v) is 8.85. The quantitative estimate of drug-likeness (QED) is 0.715. The van der Waals surface area contributed by atoms with E-state index < -0.39 is 0 Å². The third-order valence-corrected chi connectivity index (χ3v) is 5.43. The Morgan fingerprint density at radius 3 is 2.72 bits per heavy atom. The molecule has 0 unspecified atom stereocenters. The summed E-state index contributed by atoms with van der Waals surface area (Å²) in [5.41, 5.74) is 4.58. The van der Waals surface area contributed by atoms with Crippen LogP contribution in [0, 0.1) is 13.8 Å². The second-order valence-electron chi connectivity index (χ2n) is 5.98. The zero-order valence-corrected chi connectivity index (χ0v) is 15.2. The van der Waals surface area contributed by atoms with Crippen molar-refractivity contribution in [2.45, 2.75) is 30.3 Å². The van der Waals surface area contributed by atoms with Gasteiger partial charge in [0.05, 0.1) is 17.7 Å². The Morgan fingerprint density at radius 2 is 1.96 bits per heavy atom. The van der Waals surface area contributed by atoms with Gasteiger partial charge >= 0.3 is 0 Å². The number of benzene rings is 1. The Labute approximate surface area is 150 Å². The minimum Gasteiger partial charge on any atom is -0.364 e. The fourth-order valence-corrected chi connectivity index (χ4v) is 3.90. The topological polar surface area (TPSA) is 56.1 Å². The van der Waals surface area contributed by atoms with Crippen LogP contribution in [-0.4, -0.2) is 33.4 Å². The lowest BCUT2D eigenvalue weighted by Gasteiger charge is -2.30. The highest BCUT2D eigenvalue weighted by molar-refractivity contribution is 7.99. The zero-order chi connectivity index (χ0) is 17.4. The molecule has 3 heterocycles. The van der Waals surface area contributed by atoms with Crippen LogP contribution in [0.1, 0.15) is 17.0 Å². The number of rotatable bonds is 4. The Balaban J connectivity index is 1.72. The van der Waals surface area contributed by atoms with Crippen molar-refractivity contribution in [3.63, 3.8) is 0 Å². The summed E-state index contributed by atoms with van der Waals surface area (Å²) in [5.74, 6) is 0.841. The molecule has 128 valence electrons. The number of methoxy groups -OCH3 is 1. The number of nitrogens with zero attached hydrogens (tertiary/aromatic N) is 5. The zero-order valence-electron chi connectivity index (χ0n) is 14.4. The van der Waals surface area contributed by atoms with Crippen LogP contribution in [0.25, 0.3) is 0 Å². The highest BCUT2D eigenvalue weighted by Gasteiger charge is 2.25. The van der Waals surface area contributed by atoms with Gasteiger partial charge in [0, 0.05) is 36.6 Å². The molecule has 6 nitrogen and oxygen atoms in total. The number of ether oxygens (including phenoxy) is 1. The van der Waals surface area contributed by atoms with E-state index in [0.29, 0.717) is 6.73 Å². The van der Waals surface area contributed by atoms with Crippen molar-refractivity contribution in [1.29, 1.82) is 0 Å². The van der Waals surface area contributed by atoms with E-state index in [4.69, 9.17) is 4.74 Å². The van der Waals surface area contributed by atoms with Gasteiger partial charge in [-0.05, 0) is 31.5 Å². The summed E-state index contributed by atoms with van der Waals surface area (Å²) in [7, 11) is 1.69. The van der Waals surface area contributed by atoms with Crippen LogP contribution in [0.15, 0.2) is 46.8 Å². The number of anilines is 2. The van der Waals surface area contributed by atoms with Crippen LogP contribution >= 0.6 is 11.8 Å². The Kier molecular flexibility index (Phi) is 4.19. The smallest absolute Gasteiger partial charge is 0.168 e. The van der Waals surface area contributed by atoms with Gasteiger partial charge < -0.3 is 9.30 Å². The number of hydrogen-bond acceptors (Lipinski definition) is 6. The molecule has 0 aliphatic carbocycles. The van der Waals surface area contributed by atoms with Gasteiger partial charge in [-0.3, -0.25) is 4.90 Å². The minimum atomic E-state index is 0.436. The highest BCUT2D eigenvalue weighted by Crippen LogP contribution is 2.46. The number of hydrogen-bond donors (Lipinski definition) is 0. The first-order chi connectivity index (χ1) is 12.2. The summed E-state index contributed by atoms with van der Waals surface area (Å²) in [6.07, 6.45) is 5.33. The third-order valence-electron chi connectivity index (χ3n) is 4.38. The van der Waals surface area contributed by atoms with Crippen LogP contribution in [0.3, 0.4) is 0 Å². The van der Waals surface area contributed by atoms with E-state index in [0.717, 1.165) is 33.7 Å². The maximum Gasteiger partial charge on any atom is 0.168 e. The van der Waals surface area contributed by atoms with Gasteiger partial charge in [-0.15, -0.1) is 0 Å². The lowest BCUT2D eigenvalue weighted by molar-refractivity contribution is 0.204. The molecule has 1 aliphatic heterocycles. The molecule has 0 radical (unpaired) electrons. The van der Waals surface area contributed by atoms with Crippen LogP contribution in [-0.2, 0) is 11.3 Å². The molecule has 0 spiro atoms. The van der Waals surface area contributed by atoms with Gasteiger partial charge in [-0.2, -0.15) is 0 Å². The maximum absolute atomic E-state index is 5.41. The molecule has 1 aliphatic rings. The predicted octanol–water partition coefficient (Wildman–Crippen LogP) is 3.54. The van der Waals surface area contributed by atoms with E-state index >= 15 is 0 Å². The van der Waals surface area contributed by atoms with E-state index in [9.17, 15) is 0 Å². The van der Waals surface area contributed by atoms with Crippen molar-refractivity contribution in [1.82, 2.24) is 19.5 Å². The number of aryl methyl sites for hydroxylation is 1. The molecular weight excluding hydrogens is 334 g/mol. The summed E-state index contributed by atoms with van der Waals surface area (Å²) >= 11 is 1.64. The maximum atomic E-state index is 5.41. The van der Waals surface area contributed by atoms with Crippen molar-refractivity contribution >= 4 is 23.3 Å². The SMILES string of the molecule is COCN1c2cc(Cn3cnc(C)c3C)ccc2Sc2nccnc21. The van der Waals surface area contributed by atoms with Crippen LogP contribution in [0.2, 0.25) is 0 Å². The van der Waals surface area contributed by atoms with Crippen LogP contribution in [0.5, 0.6) is 0 Å². The van der Waals surface area contributed by atoms with Gasteiger partial charge in [0.15, 0.2) is 5.82 Å². The van der Waals surface area contributed by atoms with E-state index in [-0.39, 0.29) is 0 Å². The first kappa shape index (κ1) is 16.1. The van der Waals surface area contributed by atoms with Crippen molar-refractivity contribution < 1.29 is 4.74 Å². The van der Waals surface area contributed by atoms with E-state index in [1.807, 2.05) is 13.3 Å². The molecule has 0 amide bonds.